The molecule has 0 spiro atoms. The van der Waals surface area contributed by atoms with Gasteiger partial charge in [0.05, 0.1) is 5.60 Å². The molecule has 2 rings (SSSR count). The number of rotatable bonds is 4. The first-order valence-corrected chi connectivity index (χ1v) is 7.31. The first-order valence-electron chi connectivity index (χ1n) is 7.31. The van der Waals surface area contributed by atoms with Crippen molar-refractivity contribution in [2.75, 3.05) is 33.2 Å². The predicted octanol–water partition coefficient (Wildman–Crippen LogP) is 1.87. The van der Waals surface area contributed by atoms with Crippen molar-refractivity contribution in [2.24, 2.45) is 0 Å². The number of likely N-dealkylation sites (N-methyl/N-ethyl adjacent to an activating group) is 1. The standard InChI is InChI=1S/C15H28N2O/c1-13(2)11-16(3)12-15(18)8-6-10-17-9-5-4-7-14(15)17/h14,18H,1,4-12H2,2-3H3/t14-,15-/m1/s1. The average molecular weight is 252 g/mol. The minimum atomic E-state index is -0.511. The lowest BCUT2D eigenvalue weighted by atomic mass is 9.79. The van der Waals surface area contributed by atoms with Gasteiger partial charge in [0.1, 0.15) is 0 Å². The van der Waals surface area contributed by atoms with Crippen molar-refractivity contribution in [3.63, 3.8) is 0 Å². The van der Waals surface area contributed by atoms with Crippen LogP contribution in [0, 0.1) is 0 Å². The van der Waals surface area contributed by atoms with Crippen LogP contribution in [0.5, 0.6) is 0 Å². The highest BCUT2D eigenvalue weighted by molar-refractivity contribution is 5.01. The zero-order valence-corrected chi connectivity index (χ0v) is 12.0. The monoisotopic (exact) mass is 252 g/mol. The molecule has 2 atom stereocenters. The third kappa shape index (κ3) is 3.14. The van der Waals surface area contributed by atoms with E-state index in [0.29, 0.717) is 6.04 Å². The summed E-state index contributed by atoms with van der Waals surface area (Å²) in [4.78, 5) is 4.74. The molecule has 0 aromatic carbocycles. The lowest BCUT2D eigenvalue weighted by Gasteiger charge is -2.50. The summed E-state index contributed by atoms with van der Waals surface area (Å²) in [7, 11) is 2.09. The van der Waals surface area contributed by atoms with Gasteiger partial charge in [-0.3, -0.25) is 9.80 Å². The lowest BCUT2D eigenvalue weighted by molar-refractivity contribution is -0.105. The minimum absolute atomic E-state index is 0.382. The molecule has 2 heterocycles. The second-order valence-corrected chi connectivity index (χ2v) is 6.38. The van der Waals surface area contributed by atoms with Crippen LogP contribution in [0.1, 0.15) is 39.0 Å². The fraction of sp³-hybridized carbons (Fsp3) is 0.867. The summed E-state index contributed by atoms with van der Waals surface area (Å²) in [5, 5.41) is 11.0. The normalized spacial score (nSPS) is 33.4. The maximum absolute atomic E-state index is 11.0. The van der Waals surface area contributed by atoms with E-state index in [1.807, 2.05) is 6.92 Å². The smallest absolute Gasteiger partial charge is 0.0928 e. The number of aliphatic hydroxyl groups is 1. The van der Waals surface area contributed by atoms with Crippen LogP contribution in [0.25, 0.3) is 0 Å². The van der Waals surface area contributed by atoms with Gasteiger partial charge in [0.25, 0.3) is 0 Å². The molecule has 0 bridgehead atoms. The van der Waals surface area contributed by atoms with Gasteiger partial charge in [-0.05, 0) is 52.7 Å². The summed E-state index contributed by atoms with van der Waals surface area (Å²) >= 11 is 0. The summed E-state index contributed by atoms with van der Waals surface area (Å²) < 4.78 is 0. The molecular formula is C15H28N2O. The van der Waals surface area contributed by atoms with E-state index in [2.05, 4.69) is 23.4 Å². The first kappa shape index (κ1) is 14.0. The Hall–Kier alpha value is -0.380. The number of nitrogens with zero attached hydrogens (tertiary/aromatic N) is 2. The molecule has 0 unspecified atom stereocenters. The molecule has 3 heteroatoms. The molecule has 104 valence electrons. The molecule has 0 amide bonds. The molecule has 2 fully saturated rings. The lowest BCUT2D eigenvalue weighted by Crippen LogP contribution is -2.62. The fourth-order valence-electron chi connectivity index (χ4n) is 3.79. The maximum atomic E-state index is 11.0. The van der Waals surface area contributed by atoms with Gasteiger partial charge < -0.3 is 5.11 Å². The first-order chi connectivity index (χ1) is 8.51. The van der Waals surface area contributed by atoms with E-state index in [9.17, 15) is 5.11 Å². The van der Waals surface area contributed by atoms with Gasteiger partial charge in [-0.25, -0.2) is 0 Å². The molecule has 0 aromatic heterocycles. The van der Waals surface area contributed by atoms with Crippen LogP contribution in [-0.2, 0) is 0 Å². The molecule has 0 aromatic rings. The van der Waals surface area contributed by atoms with Gasteiger partial charge in [0.15, 0.2) is 0 Å². The molecule has 18 heavy (non-hydrogen) atoms. The molecule has 0 saturated carbocycles. The Morgan fingerprint density at radius 3 is 2.83 bits per heavy atom. The highest BCUT2D eigenvalue weighted by Gasteiger charge is 2.44. The van der Waals surface area contributed by atoms with Crippen LogP contribution in [0.15, 0.2) is 12.2 Å². The Balaban J connectivity index is 2.00. The molecule has 2 aliphatic heterocycles. The van der Waals surface area contributed by atoms with E-state index in [4.69, 9.17) is 0 Å². The van der Waals surface area contributed by atoms with Crippen LogP contribution in [0.3, 0.4) is 0 Å². The highest BCUT2D eigenvalue weighted by atomic mass is 16.3. The van der Waals surface area contributed by atoms with Crippen LogP contribution >= 0.6 is 0 Å². The Labute approximate surface area is 111 Å². The maximum Gasteiger partial charge on any atom is 0.0928 e. The zero-order chi connectivity index (χ0) is 13.2. The van der Waals surface area contributed by atoms with Crippen molar-refractivity contribution in [1.82, 2.24) is 9.80 Å². The van der Waals surface area contributed by atoms with Crippen LogP contribution in [0.4, 0.5) is 0 Å². The van der Waals surface area contributed by atoms with Crippen molar-refractivity contribution < 1.29 is 5.11 Å². The van der Waals surface area contributed by atoms with Crippen LogP contribution < -0.4 is 0 Å². The van der Waals surface area contributed by atoms with Gasteiger partial charge >= 0.3 is 0 Å². The SMILES string of the molecule is C=C(C)CN(C)C[C@]1(O)CCCN2CCCC[C@@H]21. The molecule has 2 saturated heterocycles. The van der Waals surface area contributed by atoms with Gasteiger partial charge in [-0.15, -0.1) is 0 Å². The summed E-state index contributed by atoms with van der Waals surface area (Å²) in [5.41, 5.74) is 0.653. The number of piperidine rings is 2. The zero-order valence-electron chi connectivity index (χ0n) is 12.0. The summed E-state index contributed by atoms with van der Waals surface area (Å²) in [5.74, 6) is 0. The van der Waals surface area contributed by atoms with Crippen molar-refractivity contribution in [3.8, 4) is 0 Å². The molecular weight excluding hydrogens is 224 g/mol. The third-order valence-corrected chi connectivity index (χ3v) is 4.37. The third-order valence-electron chi connectivity index (χ3n) is 4.37. The van der Waals surface area contributed by atoms with Crippen molar-refractivity contribution in [1.29, 1.82) is 0 Å². The van der Waals surface area contributed by atoms with E-state index in [1.54, 1.807) is 0 Å². The number of hydrogen-bond donors (Lipinski definition) is 1. The van der Waals surface area contributed by atoms with Crippen molar-refractivity contribution in [2.45, 2.75) is 50.7 Å². The molecule has 1 N–H and O–H groups in total. The Morgan fingerprint density at radius 2 is 2.11 bits per heavy atom. The Kier molecular flexibility index (Phi) is 4.46. The Bertz CT molecular complexity index is 303. The highest BCUT2D eigenvalue weighted by Crippen LogP contribution is 2.34. The van der Waals surface area contributed by atoms with Gasteiger partial charge in [0.2, 0.25) is 0 Å². The van der Waals surface area contributed by atoms with E-state index >= 15 is 0 Å². The largest absolute Gasteiger partial charge is 0.387 e. The molecule has 0 radical (unpaired) electrons. The molecule has 0 aliphatic carbocycles. The molecule has 2 aliphatic rings. The second-order valence-electron chi connectivity index (χ2n) is 6.38. The van der Waals surface area contributed by atoms with Crippen molar-refractivity contribution in [3.05, 3.63) is 12.2 Å². The van der Waals surface area contributed by atoms with Gasteiger partial charge in [0, 0.05) is 19.1 Å². The van der Waals surface area contributed by atoms with E-state index in [-0.39, 0.29) is 0 Å². The average Bonchev–Trinajstić information content (AvgIpc) is 2.28. The number of fused-ring (bicyclic) bond motifs is 1. The van der Waals surface area contributed by atoms with Gasteiger partial charge in [-0.2, -0.15) is 0 Å². The van der Waals surface area contributed by atoms with Crippen LogP contribution in [0.2, 0.25) is 0 Å². The van der Waals surface area contributed by atoms with E-state index < -0.39 is 5.60 Å². The second kappa shape index (κ2) is 5.72. The van der Waals surface area contributed by atoms with E-state index in [0.717, 1.165) is 37.9 Å². The topological polar surface area (TPSA) is 26.7 Å². The summed E-state index contributed by atoms with van der Waals surface area (Å²) in [6, 6.07) is 0.382. The summed E-state index contributed by atoms with van der Waals surface area (Å²) in [6.07, 6.45) is 5.82. The van der Waals surface area contributed by atoms with Crippen LogP contribution in [-0.4, -0.2) is 59.8 Å². The molecule has 3 nitrogen and oxygen atoms in total. The number of hydrogen-bond acceptors (Lipinski definition) is 3. The van der Waals surface area contributed by atoms with E-state index in [1.165, 1.54) is 25.9 Å². The quantitative estimate of drug-likeness (QED) is 0.774. The fourth-order valence-corrected chi connectivity index (χ4v) is 3.79. The Morgan fingerprint density at radius 1 is 1.39 bits per heavy atom. The minimum Gasteiger partial charge on any atom is -0.387 e. The summed E-state index contributed by atoms with van der Waals surface area (Å²) in [6.45, 7) is 10.0. The van der Waals surface area contributed by atoms with Crippen molar-refractivity contribution >= 4 is 0 Å². The predicted molar refractivity (Wildman–Crippen MR) is 75.7 cm³/mol. The van der Waals surface area contributed by atoms with Gasteiger partial charge in [-0.1, -0.05) is 18.6 Å².